The lowest BCUT2D eigenvalue weighted by Crippen LogP contribution is -2.27. The van der Waals surface area contributed by atoms with Crippen LogP contribution in [0.5, 0.6) is 0 Å². The smallest absolute Gasteiger partial charge is 0.251 e. The number of carbonyl (C=O) groups excluding carboxylic acids is 1. The van der Waals surface area contributed by atoms with E-state index in [1.54, 1.807) is 12.1 Å². The molecule has 1 heterocycles. The number of nitrogens with one attached hydrogen (secondary N) is 4. The van der Waals surface area contributed by atoms with Crippen LogP contribution in [0.3, 0.4) is 0 Å². The summed E-state index contributed by atoms with van der Waals surface area (Å²) in [6.45, 7) is 2.82. The van der Waals surface area contributed by atoms with Gasteiger partial charge in [-0.15, -0.1) is 0 Å². The van der Waals surface area contributed by atoms with E-state index in [2.05, 4.69) is 36.2 Å². The average Bonchev–Trinajstić information content (AvgIpc) is 2.95. The zero-order valence-electron chi connectivity index (χ0n) is 21.7. The predicted molar refractivity (Wildman–Crippen MR) is 149 cm³/mol. The quantitative estimate of drug-likeness (QED) is 0.218. The lowest BCUT2D eigenvalue weighted by Gasteiger charge is -2.23. The number of nitrogens with zero attached hydrogens (tertiary/aromatic N) is 3. The molecule has 0 unspecified atom stereocenters. The molecule has 202 valence electrons. The summed E-state index contributed by atoms with van der Waals surface area (Å²) in [6, 6.07) is 19.3. The summed E-state index contributed by atoms with van der Waals surface area (Å²) in [5.74, 6) is 1.45. The van der Waals surface area contributed by atoms with Crippen LogP contribution in [0.4, 0.5) is 23.5 Å². The minimum atomic E-state index is -0.103. The summed E-state index contributed by atoms with van der Waals surface area (Å²) in [4.78, 5) is 25.7. The van der Waals surface area contributed by atoms with Crippen molar-refractivity contribution in [3.05, 3.63) is 66.2 Å². The van der Waals surface area contributed by atoms with Crippen LogP contribution in [0.1, 0.15) is 42.5 Å². The van der Waals surface area contributed by atoms with Crippen molar-refractivity contribution in [3.63, 3.8) is 0 Å². The molecule has 3 aromatic rings. The van der Waals surface area contributed by atoms with Crippen molar-refractivity contribution in [2.24, 2.45) is 0 Å². The van der Waals surface area contributed by atoms with Crippen molar-refractivity contribution in [2.45, 2.75) is 38.1 Å². The Balaban J connectivity index is 1.15. The molecule has 1 aromatic heterocycles. The number of rotatable bonds is 15. The molecule has 0 spiro atoms. The van der Waals surface area contributed by atoms with Crippen molar-refractivity contribution in [1.29, 1.82) is 0 Å². The molecule has 4 rings (SSSR count). The van der Waals surface area contributed by atoms with Gasteiger partial charge in [0.15, 0.2) is 0 Å². The fraction of sp³-hybridized carbons (Fsp3) is 0.429. The fourth-order valence-electron chi connectivity index (χ4n) is 4.14. The van der Waals surface area contributed by atoms with E-state index < -0.39 is 0 Å². The Hall–Kier alpha value is -3.76. The normalized spacial score (nSPS) is 13.6. The molecule has 10 heteroatoms. The number of hydrogen-bond donors (Lipinski definition) is 4. The molecule has 1 fully saturated rings. The molecule has 0 radical (unpaired) electrons. The summed E-state index contributed by atoms with van der Waals surface area (Å²) < 4.78 is 11.2. The largest absolute Gasteiger partial charge is 0.377 e. The maximum Gasteiger partial charge on any atom is 0.251 e. The Morgan fingerprint density at radius 3 is 2.11 bits per heavy atom. The van der Waals surface area contributed by atoms with Gasteiger partial charge < -0.3 is 30.7 Å². The van der Waals surface area contributed by atoms with Gasteiger partial charge in [-0.2, -0.15) is 15.0 Å². The number of anilines is 4. The molecule has 38 heavy (non-hydrogen) atoms. The van der Waals surface area contributed by atoms with Crippen molar-refractivity contribution in [1.82, 2.24) is 20.3 Å². The number of benzene rings is 2. The highest BCUT2D eigenvalue weighted by molar-refractivity contribution is 5.94. The van der Waals surface area contributed by atoms with Gasteiger partial charge in [0.05, 0.1) is 26.4 Å². The summed E-state index contributed by atoms with van der Waals surface area (Å²) in [7, 11) is 0. The first-order valence-corrected chi connectivity index (χ1v) is 13.3. The molecule has 1 aliphatic carbocycles. The predicted octanol–water partition coefficient (Wildman–Crippen LogP) is 4.23. The first-order chi connectivity index (χ1) is 18.8. The standard InChI is InChI=1S/C28H37N7O3/c36-25(22-10-4-1-5-11-22)29-16-18-37-20-21-38-19-17-30-26-33-27(31-23-12-6-2-7-13-23)35-28(34-26)32-24-14-8-3-9-15-24/h1-2,4-7,10-13,24H,3,8-9,14-21H2,(H,29,36)(H3,30,31,32,33,34,35). The summed E-state index contributed by atoms with van der Waals surface area (Å²) in [5, 5.41) is 12.8. The van der Waals surface area contributed by atoms with Gasteiger partial charge in [0.1, 0.15) is 0 Å². The highest BCUT2D eigenvalue weighted by Gasteiger charge is 2.16. The molecule has 0 saturated heterocycles. The monoisotopic (exact) mass is 519 g/mol. The van der Waals surface area contributed by atoms with Gasteiger partial charge in [0.25, 0.3) is 5.91 Å². The van der Waals surface area contributed by atoms with E-state index >= 15 is 0 Å². The van der Waals surface area contributed by atoms with Gasteiger partial charge in [-0.25, -0.2) is 0 Å². The van der Waals surface area contributed by atoms with Crippen LogP contribution < -0.4 is 21.3 Å². The second-order valence-corrected chi connectivity index (χ2v) is 9.05. The molecule has 2 aromatic carbocycles. The number of amides is 1. The Labute approximate surface area is 224 Å². The molecule has 4 N–H and O–H groups in total. The third-order valence-corrected chi connectivity index (χ3v) is 6.07. The molecule has 0 aliphatic heterocycles. The van der Waals surface area contributed by atoms with Crippen molar-refractivity contribution in [2.75, 3.05) is 55.5 Å². The first kappa shape index (κ1) is 27.3. The highest BCUT2D eigenvalue weighted by atomic mass is 16.5. The van der Waals surface area contributed by atoms with Gasteiger partial charge in [-0.3, -0.25) is 4.79 Å². The third kappa shape index (κ3) is 9.60. The molecule has 1 aliphatic rings. The highest BCUT2D eigenvalue weighted by Crippen LogP contribution is 2.22. The molecule has 0 bridgehead atoms. The topological polar surface area (TPSA) is 122 Å². The number of carbonyl (C=O) groups is 1. The van der Waals surface area contributed by atoms with E-state index in [1.165, 1.54) is 19.3 Å². The summed E-state index contributed by atoms with van der Waals surface area (Å²) in [5.41, 5.74) is 1.55. The summed E-state index contributed by atoms with van der Waals surface area (Å²) >= 11 is 0. The maximum atomic E-state index is 12.0. The Kier molecular flexibility index (Phi) is 11.1. The summed E-state index contributed by atoms with van der Waals surface area (Å²) in [6.07, 6.45) is 6.01. The third-order valence-electron chi connectivity index (χ3n) is 6.07. The van der Waals surface area contributed by atoms with E-state index in [0.29, 0.717) is 69.0 Å². The van der Waals surface area contributed by atoms with Crippen LogP contribution in [0.15, 0.2) is 60.7 Å². The van der Waals surface area contributed by atoms with Gasteiger partial charge >= 0.3 is 0 Å². The van der Waals surface area contributed by atoms with Crippen LogP contribution in [-0.2, 0) is 9.47 Å². The zero-order chi connectivity index (χ0) is 26.3. The van der Waals surface area contributed by atoms with Gasteiger partial charge in [-0.1, -0.05) is 55.7 Å². The zero-order valence-corrected chi connectivity index (χ0v) is 21.7. The number of hydrogen-bond acceptors (Lipinski definition) is 9. The maximum absolute atomic E-state index is 12.0. The van der Waals surface area contributed by atoms with E-state index in [0.717, 1.165) is 18.5 Å². The number of para-hydroxylation sites is 1. The molecule has 1 saturated carbocycles. The molecule has 0 atom stereocenters. The van der Waals surface area contributed by atoms with Crippen LogP contribution in [0.2, 0.25) is 0 Å². The van der Waals surface area contributed by atoms with Crippen molar-refractivity contribution < 1.29 is 14.3 Å². The Morgan fingerprint density at radius 2 is 1.37 bits per heavy atom. The first-order valence-electron chi connectivity index (χ1n) is 13.3. The van der Waals surface area contributed by atoms with Crippen LogP contribution >= 0.6 is 0 Å². The molecule has 10 nitrogen and oxygen atoms in total. The van der Waals surface area contributed by atoms with E-state index in [-0.39, 0.29) is 5.91 Å². The second kappa shape index (κ2) is 15.5. The van der Waals surface area contributed by atoms with Gasteiger partial charge in [-0.05, 0) is 37.1 Å². The lowest BCUT2D eigenvalue weighted by atomic mass is 9.96. The minimum absolute atomic E-state index is 0.103. The minimum Gasteiger partial charge on any atom is -0.377 e. The molecule has 1 amide bonds. The Bertz CT molecular complexity index is 1100. The van der Waals surface area contributed by atoms with Crippen LogP contribution in [0, 0.1) is 0 Å². The molecular formula is C28H37N7O3. The fourth-order valence-corrected chi connectivity index (χ4v) is 4.14. The van der Waals surface area contributed by atoms with Crippen molar-refractivity contribution in [3.8, 4) is 0 Å². The van der Waals surface area contributed by atoms with Gasteiger partial charge in [0, 0.05) is 30.4 Å². The second-order valence-electron chi connectivity index (χ2n) is 9.05. The lowest BCUT2D eigenvalue weighted by molar-refractivity contribution is 0.0519. The molecular weight excluding hydrogens is 482 g/mol. The van der Waals surface area contributed by atoms with E-state index in [9.17, 15) is 4.79 Å². The number of ether oxygens (including phenoxy) is 2. The van der Waals surface area contributed by atoms with E-state index in [1.807, 2.05) is 48.5 Å². The average molecular weight is 520 g/mol. The van der Waals surface area contributed by atoms with Crippen molar-refractivity contribution >= 4 is 29.4 Å². The van der Waals surface area contributed by atoms with Crippen LogP contribution in [-0.4, -0.2) is 66.4 Å². The van der Waals surface area contributed by atoms with Gasteiger partial charge in [0.2, 0.25) is 17.8 Å². The van der Waals surface area contributed by atoms with Crippen LogP contribution in [0.25, 0.3) is 0 Å². The van der Waals surface area contributed by atoms with E-state index in [4.69, 9.17) is 9.47 Å². The Morgan fingerprint density at radius 1 is 0.737 bits per heavy atom. The SMILES string of the molecule is O=C(NCCOCCOCCNc1nc(Nc2ccccc2)nc(NC2CCCCC2)n1)c1ccccc1. The number of aromatic nitrogens is 3.